The van der Waals surface area contributed by atoms with Crippen molar-refractivity contribution in [1.29, 1.82) is 0 Å². The molecule has 0 radical (unpaired) electrons. The minimum absolute atomic E-state index is 0.0164. The van der Waals surface area contributed by atoms with Crippen molar-refractivity contribution in [3.8, 4) is 0 Å². The molecule has 4 rings (SSSR count). The highest BCUT2D eigenvalue weighted by Gasteiger charge is 2.41. The van der Waals surface area contributed by atoms with Crippen LogP contribution in [0.3, 0.4) is 0 Å². The fourth-order valence-electron chi connectivity index (χ4n) is 4.11. The normalized spacial score (nSPS) is 23.7. The number of aryl methyl sites for hydroxylation is 2. The fourth-order valence-corrected chi connectivity index (χ4v) is 4.11. The van der Waals surface area contributed by atoms with Gasteiger partial charge in [0, 0.05) is 38.9 Å². The molecule has 2 atom stereocenters. The van der Waals surface area contributed by atoms with E-state index in [9.17, 15) is 4.79 Å². The van der Waals surface area contributed by atoms with E-state index in [-0.39, 0.29) is 6.03 Å². The van der Waals surface area contributed by atoms with Crippen LogP contribution in [0.25, 0.3) is 0 Å². The molecular weight excluding hydrogens is 300 g/mol. The second-order valence-electron chi connectivity index (χ2n) is 7.35. The van der Waals surface area contributed by atoms with Gasteiger partial charge in [-0.05, 0) is 36.8 Å². The standard InChI is InChI=1S/C19H24N4O/c1-14-4-3-5-16(6-14)9-21-10-17-12-22(13-18(17)11-21)19(24)23-8-15(2)7-20-23/h3-8,17-18H,9-13H2,1-2H3. The molecule has 2 aromatic rings. The number of benzene rings is 1. The number of likely N-dealkylation sites (tertiary alicyclic amines) is 2. The van der Waals surface area contributed by atoms with Gasteiger partial charge in [0.15, 0.2) is 0 Å². The summed E-state index contributed by atoms with van der Waals surface area (Å²) in [6.45, 7) is 8.99. The van der Waals surface area contributed by atoms with Crippen LogP contribution in [0.1, 0.15) is 16.7 Å². The molecule has 0 N–H and O–H groups in total. The van der Waals surface area contributed by atoms with E-state index in [1.165, 1.54) is 15.8 Å². The van der Waals surface area contributed by atoms with Crippen molar-refractivity contribution in [1.82, 2.24) is 19.6 Å². The Labute approximate surface area is 142 Å². The van der Waals surface area contributed by atoms with Gasteiger partial charge in [0.1, 0.15) is 0 Å². The highest BCUT2D eigenvalue weighted by molar-refractivity contribution is 5.76. The van der Waals surface area contributed by atoms with Gasteiger partial charge in [-0.2, -0.15) is 9.78 Å². The summed E-state index contributed by atoms with van der Waals surface area (Å²) in [6.07, 6.45) is 3.54. The Morgan fingerprint density at radius 3 is 2.50 bits per heavy atom. The van der Waals surface area contributed by atoms with E-state index in [0.29, 0.717) is 11.8 Å². The zero-order valence-electron chi connectivity index (χ0n) is 14.4. The molecule has 1 aromatic carbocycles. The van der Waals surface area contributed by atoms with E-state index < -0.39 is 0 Å². The third-order valence-electron chi connectivity index (χ3n) is 5.23. The molecule has 3 heterocycles. The summed E-state index contributed by atoms with van der Waals surface area (Å²) in [4.78, 5) is 17.0. The van der Waals surface area contributed by atoms with Crippen molar-refractivity contribution in [2.24, 2.45) is 11.8 Å². The molecule has 2 aliphatic rings. The Hall–Kier alpha value is -2.14. The van der Waals surface area contributed by atoms with Crippen molar-refractivity contribution < 1.29 is 4.79 Å². The minimum Gasteiger partial charge on any atom is -0.322 e. The number of carbonyl (C=O) groups excluding carboxylic acids is 1. The molecular formula is C19H24N4O. The minimum atomic E-state index is 0.0164. The number of fused-ring (bicyclic) bond motifs is 1. The fraction of sp³-hybridized carbons (Fsp3) is 0.474. The highest BCUT2D eigenvalue weighted by atomic mass is 16.2. The van der Waals surface area contributed by atoms with Crippen LogP contribution >= 0.6 is 0 Å². The lowest BCUT2D eigenvalue weighted by Gasteiger charge is -2.21. The number of amides is 1. The van der Waals surface area contributed by atoms with Gasteiger partial charge < -0.3 is 4.90 Å². The van der Waals surface area contributed by atoms with Crippen LogP contribution in [-0.4, -0.2) is 51.8 Å². The lowest BCUT2D eigenvalue weighted by Crippen LogP contribution is -2.36. The molecule has 0 saturated carbocycles. The molecule has 0 spiro atoms. The van der Waals surface area contributed by atoms with Crippen LogP contribution in [0.5, 0.6) is 0 Å². The summed E-state index contributed by atoms with van der Waals surface area (Å²) in [5, 5.41) is 4.15. The van der Waals surface area contributed by atoms with Crippen LogP contribution in [0, 0.1) is 25.7 Å². The molecule has 2 unspecified atom stereocenters. The van der Waals surface area contributed by atoms with E-state index in [2.05, 4.69) is 41.2 Å². The molecule has 2 fully saturated rings. The molecule has 0 bridgehead atoms. The average Bonchev–Trinajstić information content (AvgIpc) is 3.21. The van der Waals surface area contributed by atoms with Gasteiger partial charge >= 0.3 is 6.03 Å². The van der Waals surface area contributed by atoms with Gasteiger partial charge in [-0.3, -0.25) is 4.90 Å². The van der Waals surface area contributed by atoms with Gasteiger partial charge in [-0.25, -0.2) is 4.79 Å². The molecule has 1 amide bonds. The van der Waals surface area contributed by atoms with Gasteiger partial charge in [-0.15, -0.1) is 0 Å². The number of rotatable bonds is 2. The van der Waals surface area contributed by atoms with Gasteiger partial charge in [0.2, 0.25) is 0 Å². The number of aromatic nitrogens is 2. The van der Waals surface area contributed by atoms with E-state index in [1.807, 2.05) is 11.8 Å². The van der Waals surface area contributed by atoms with Crippen molar-refractivity contribution >= 4 is 6.03 Å². The monoisotopic (exact) mass is 324 g/mol. The first-order valence-corrected chi connectivity index (χ1v) is 8.67. The van der Waals surface area contributed by atoms with Crippen LogP contribution < -0.4 is 0 Å². The van der Waals surface area contributed by atoms with Gasteiger partial charge in [0.25, 0.3) is 0 Å². The first-order valence-electron chi connectivity index (χ1n) is 8.67. The highest BCUT2D eigenvalue weighted by Crippen LogP contribution is 2.32. The summed E-state index contributed by atoms with van der Waals surface area (Å²) in [5.41, 5.74) is 3.72. The predicted molar refractivity (Wildman–Crippen MR) is 92.8 cm³/mol. The molecule has 126 valence electrons. The summed E-state index contributed by atoms with van der Waals surface area (Å²) in [7, 11) is 0. The Kier molecular flexibility index (Phi) is 3.88. The Morgan fingerprint density at radius 1 is 1.12 bits per heavy atom. The molecule has 0 aliphatic carbocycles. The largest absolute Gasteiger partial charge is 0.344 e. The lowest BCUT2D eigenvalue weighted by molar-refractivity contribution is 0.197. The maximum absolute atomic E-state index is 12.5. The summed E-state index contributed by atoms with van der Waals surface area (Å²) in [6, 6.07) is 8.76. The zero-order chi connectivity index (χ0) is 16.7. The third kappa shape index (κ3) is 2.96. The summed E-state index contributed by atoms with van der Waals surface area (Å²) >= 11 is 0. The number of hydrogen-bond acceptors (Lipinski definition) is 3. The summed E-state index contributed by atoms with van der Waals surface area (Å²) < 4.78 is 1.47. The first kappa shape index (κ1) is 15.4. The Morgan fingerprint density at radius 2 is 1.88 bits per heavy atom. The van der Waals surface area contributed by atoms with Crippen LogP contribution in [0.4, 0.5) is 4.79 Å². The maximum atomic E-state index is 12.5. The first-order chi connectivity index (χ1) is 11.6. The molecule has 1 aromatic heterocycles. The Bertz CT molecular complexity index is 739. The number of nitrogens with zero attached hydrogens (tertiary/aromatic N) is 4. The Balaban J connectivity index is 1.36. The van der Waals surface area contributed by atoms with Crippen molar-refractivity contribution in [3.05, 3.63) is 53.3 Å². The maximum Gasteiger partial charge on any atom is 0.344 e. The van der Waals surface area contributed by atoms with Gasteiger partial charge in [-0.1, -0.05) is 29.8 Å². The van der Waals surface area contributed by atoms with E-state index >= 15 is 0 Å². The number of hydrogen-bond donors (Lipinski definition) is 0. The third-order valence-corrected chi connectivity index (χ3v) is 5.23. The molecule has 2 aliphatic heterocycles. The predicted octanol–water partition coefficient (Wildman–Crippen LogP) is 2.53. The summed E-state index contributed by atoms with van der Waals surface area (Å²) in [5.74, 6) is 1.19. The smallest absolute Gasteiger partial charge is 0.322 e. The topological polar surface area (TPSA) is 41.4 Å². The number of carbonyl (C=O) groups is 1. The molecule has 5 nitrogen and oxygen atoms in total. The van der Waals surface area contributed by atoms with Gasteiger partial charge in [0.05, 0.1) is 6.20 Å². The second-order valence-corrected chi connectivity index (χ2v) is 7.35. The van der Waals surface area contributed by atoms with Crippen molar-refractivity contribution in [2.75, 3.05) is 26.2 Å². The second kappa shape index (κ2) is 6.06. The van der Waals surface area contributed by atoms with Crippen molar-refractivity contribution in [3.63, 3.8) is 0 Å². The molecule has 5 heteroatoms. The van der Waals surface area contributed by atoms with Crippen LogP contribution in [0.15, 0.2) is 36.7 Å². The van der Waals surface area contributed by atoms with Crippen LogP contribution in [0.2, 0.25) is 0 Å². The van der Waals surface area contributed by atoms with Crippen molar-refractivity contribution in [2.45, 2.75) is 20.4 Å². The van der Waals surface area contributed by atoms with E-state index in [4.69, 9.17) is 0 Å². The van der Waals surface area contributed by atoms with E-state index in [0.717, 1.165) is 38.3 Å². The lowest BCUT2D eigenvalue weighted by atomic mass is 10.0. The van der Waals surface area contributed by atoms with Crippen LogP contribution in [-0.2, 0) is 6.54 Å². The molecule has 24 heavy (non-hydrogen) atoms. The van der Waals surface area contributed by atoms with E-state index in [1.54, 1.807) is 12.4 Å². The average molecular weight is 324 g/mol. The molecule has 2 saturated heterocycles. The SMILES string of the molecule is Cc1cccc(CN2CC3CN(C(=O)n4cc(C)cn4)CC3C2)c1. The quantitative estimate of drug-likeness (QED) is 0.852. The zero-order valence-corrected chi connectivity index (χ0v) is 14.4.